The maximum atomic E-state index is 12.2. The smallest absolute Gasteiger partial charge is 0.255 e. The van der Waals surface area contributed by atoms with E-state index in [9.17, 15) is 4.79 Å². The number of benzene rings is 1. The van der Waals surface area contributed by atoms with Gasteiger partial charge in [-0.05, 0) is 44.5 Å². The fraction of sp³-hybridized carbons (Fsp3) is 0.267. The van der Waals surface area contributed by atoms with E-state index in [4.69, 9.17) is 4.42 Å². The number of furan rings is 1. The van der Waals surface area contributed by atoms with Gasteiger partial charge in [-0.15, -0.1) is 0 Å². The summed E-state index contributed by atoms with van der Waals surface area (Å²) in [6.07, 6.45) is 0. The third kappa shape index (κ3) is 3.26. The van der Waals surface area contributed by atoms with Crippen LogP contribution in [0.4, 0.5) is 0 Å². The molecule has 100 valence electrons. The first-order chi connectivity index (χ1) is 8.97. The molecule has 0 radical (unpaired) electrons. The maximum Gasteiger partial charge on any atom is 0.255 e. The highest BCUT2D eigenvalue weighted by atomic mass is 79.9. The molecule has 0 saturated carbocycles. The topological polar surface area (TPSA) is 42.2 Å². The van der Waals surface area contributed by atoms with E-state index < -0.39 is 0 Å². The van der Waals surface area contributed by atoms with E-state index in [2.05, 4.69) is 21.2 Å². The second-order valence-corrected chi connectivity index (χ2v) is 5.49. The van der Waals surface area contributed by atoms with Gasteiger partial charge in [0.25, 0.3) is 5.91 Å². The van der Waals surface area contributed by atoms with Crippen LogP contribution in [0.2, 0.25) is 0 Å². The van der Waals surface area contributed by atoms with E-state index in [1.807, 2.05) is 38.1 Å². The Morgan fingerprint density at radius 1 is 1.32 bits per heavy atom. The molecule has 0 unspecified atom stereocenters. The van der Waals surface area contributed by atoms with Crippen LogP contribution in [0.15, 0.2) is 39.2 Å². The molecule has 1 amide bonds. The predicted molar refractivity (Wildman–Crippen MR) is 78.2 cm³/mol. The number of carbonyl (C=O) groups is 1. The van der Waals surface area contributed by atoms with Gasteiger partial charge in [-0.2, -0.15) is 0 Å². The standard InChI is InChI=1S/C15H16BrNO2/c1-9-7-14(11(3)19-9)15(18)17-10(2)12-5-4-6-13(16)8-12/h4-8,10H,1-3H3,(H,17,18)/t10-/m1/s1. The lowest BCUT2D eigenvalue weighted by atomic mass is 10.1. The van der Waals surface area contributed by atoms with E-state index >= 15 is 0 Å². The summed E-state index contributed by atoms with van der Waals surface area (Å²) in [5.74, 6) is 1.29. The molecule has 4 heteroatoms. The lowest BCUT2D eigenvalue weighted by Gasteiger charge is -2.14. The van der Waals surface area contributed by atoms with E-state index in [-0.39, 0.29) is 11.9 Å². The maximum absolute atomic E-state index is 12.2. The highest BCUT2D eigenvalue weighted by molar-refractivity contribution is 9.10. The molecule has 0 aliphatic heterocycles. The van der Waals surface area contributed by atoms with E-state index in [0.717, 1.165) is 15.8 Å². The van der Waals surface area contributed by atoms with E-state index in [0.29, 0.717) is 11.3 Å². The summed E-state index contributed by atoms with van der Waals surface area (Å²) in [5.41, 5.74) is 1.65. The van der Waals surface area contributed by atoms with Gasteiger partial charge in [-0.25, -0.2) is 0 Å². The Kier molecular flexibility index (Phi) is 4.10. The first-order valence-electron chi connectivity index (χ1n) is 6.10. The van der Waals surface area contributed by atoms with Gasteiger partial charge in [0.2, 0.25) is 0 Å². The van der Waals surface area contributed by atoms with Crippen LogP contribution in [0.25, 0.3) is 0 Å². The van der Waals surface area contributed by atoms with E-state index in [1.165, 1.54) is 0 Å². The Morgan fingerprint density at radius 2 is 2.05 bits per heavy atom. The number of hydrogen-bond acceptors (Lipinski definition) is 2. The van der Waals surface area contributed by atoms with Gasteiger partial charge in [0.05, 0.1) is 11.6 Å². The summed E-state index contributed by atoms with van der Waals surface area (Å²) in [6.45, 7) is 5.59. The lowest BCUT2D eigenvalue weighted by Crippen LogP contribution is -2.26. The van der Waals surface area contributed by atoms with Gasteiger partial charge in [-0.3, -0.25) is 4.79 Å². The normalized spacial score (nSPS) is 12.2. The highest BCUT2D eigenvalue weighted by Crippen LogP contribution is 2.19. The highest BCUT2D eigenvalue weighted by Gasteiger charge is 2.16. The zero-order chi connectivity index (χ0) is 14.0. The second kappa shape index (κ2) is 5.61. The van der Waals surface area contributed by atoms with Crippen molar-refractivity contribution in [3.63, 3.8) is 0 Å². The summed E-state index contributed by atoms with van der Waals surface area (Å²) in [5, 5.41) is 2.97. The fourth-order valence-corrected chi connectivity index (χ4v) is 2.41. The number of nitrogens with one attached hydrogen (secondary N) is 1. The molecular weight excluding hydrogens is 306 g/mol. The Bertz CT molecular complexity index is 604. The van der Waals surface area contributed by atoms with Gasteiger partial charge >= 0.3 is 0 Å². The molecule has 0 aliphatic carbocycles. The Balaban J connectivity index is 2.13. The summed E-state index contributed by atoms with van der Waals surface area (Å²) < 4.78 is 6.38. The van der Waals surface area contributed by atoms with Crippen LogP contribution in [-0.2, 0) is 0 Å². The third-order valence-corrected chi connectivity index (χ3v) is 3.48. The molecule has 0 aliphatic rings. The molecular formula is C15H16BrNO2. The van der Waals surface area contributed by atoms with Gasteiger partial charge in [0.1, 0.15) is 11.5 Å². The number of amides is 1. The number of rotatable bonds is 3. The summed E-state index contributed by atoms with van der Waals surface area (Å²) >= 11 is 3.43. The molecule has 0 bridgehead atoms. The van der Waals surface area contributed by atoms with Gasteiger partial charge < -0.3 is 9.73 Å². The molecule has 0 spiro atoms. The minimum Gasteiger partial charge on any atom is -0.466 e. The molecule has 1 heterocycles. The van der Waals surface area contributed by atoms with Crippen LogP contribution >= 0.6 is 15.9 Å². The molecule has 19 heavy (non-hydrogen) atoms. The molecule has 0 fully saturated rings. The quantitative estimate of drug-likeness (QED) is 0.922. The van der Waals surface area contributed by atoms with Crippen molar-refractivity contribution in [2.75, 3.05) is 0 Å². The van der Waals surface area contributed by atoms with Crippen LogP contribution < -0.4 is 5.32 Å². The van der Waals surface area contributed by atoms with Crippen molar-refractivity contribution in [2.45, 2.75) is 26.8 Å². The van der Waals surface area contributed by atoms with Crippen molar-refractivity contribution in [3.05, 3.63) is 57.5 Å². The van der Waals surface area contributed by atoms with Crippen molar-refractivity contribution in [3.8, 4) is 0 Å². The second-order valence-electron chi connectivity index (χ2n) is 4.58. The summed E-state index contributed by atoms with van der Waals surface area (Å²) in [7, 11) is 0. The first-order valence-corrected chi connectivity index (χ1v) is 6.90. The summed E-state index contributed by atoms with van der Waals surface area (Å²) in [4.78, 5) is 12.2. The Labute approximate surface area is 121 Å². The molecule has 1 atom stereocenters. The van der Waals surface area contributed by atoms with Crippen molar-refractivity contribution >= 4 is 21.8 Å². The monoisotopic (exact) mass is 321 g/mol. The number of halogens is 1. The minimum atomic E-state index is -0.109. The Morgan fingerprint density at radius 3 is 2.63 bits per heavy atom. The largest absolute Gasteiger partial charge is 0.466 e. The zero-order valence-corrected chi connectivity index (χ0v) is 12.7. The fourth-order valence-electron chi connectivity index (χ4n) is 1.99. The molecule has 1 N–H and O–H groups in total. The molecule has 1 aromatic heterocycles. The molecule has 2 aromatic rings. The minimum absolute atomic E-state index is 0.0559. The van der Waals surface area contributed by atoms with Gasteiger partial charge in [0, 0.05) is 4.47 Å². The average Bonchev–Trinajstić information content (AvgIpc) is 2.68. The van der Waals surface area contributed by atoms with Crippen LogP contribution in [0.5, 0.6) is 0 Å². The molecule has 0 saturated heterocycles. The van der Waals surface area contributed by atoms with Crippen LogP contribution in [0.1, 0.15) is 40.4 Å². The lowest BCUT2D eigenvalue weighted by molar-refractivity contribution is 0.0938. The molecule has 3 nitrogen and oxygen atoms in total. The zero-order valence-electron chi connectivity index (χ0n) is 11.2. The van der Waals surface area contributed by atoms with Gasteiger partial charge in [0.15, 0.2) is 0 Å². The van der Waals surface area contributed by atoms with Gasteiger partial charge in [-0.1, -0.05) is 28.1 Å². The van der Waals surface area contributed by atoms with Crippen LogP contribution in [-0.4, -0.2) is 5.91 Å². The SMILES string of the molecule is Cc1cc(C(=O)N[C@H](C)c2cccc(Br)c2)c(C)o1. The molecule has 2 rings (SSSR count). The summed E-state index contributed by atoms with van der Waals surface area (Å²) in [6, 6.07) is 9.61. The molecule has 1 aromatic carbocycles. The van der Waals surface area contributed by atoms with Crippen molar-refractivity contribution in [2.24, 2.45) is 0 Å². The first kappa shape index (κ1) is 13.9. The number of hydrogen-bond donors (Lipinski definition) is 1. The van der Waals surface area contributed by atoms with Crippen molar-refractivity contribution in [1.82, 2.24) is 5.32 Å². The van der Waals surface area contributed by atoms with E-state index in [1.54, 1.807) is 13.0 Å². The Hall–Kier alpha value is -1.55. The van der Waals surface area contributed by atoms with Crippen molar-refractivity contribution < 1.29 is 9.21 Å². The number of aryl methyl sites for hydroxylation is 2. The average molecular weight is 322 g/mol. The predicted octanol–water partition coefficient (Wildman–Crippen LogP) is 4.15. The third-order valence-electron chi connectivity index (χ3n) is 2.98. The van der Waals surface area contributed by atoms with Crippen LogP contribution in [0.3, 0.4) is 0 Å². The number of carbonyl (C=O) groups excluding carboxylic acids is 1. The van der Waals surface area contributed by atoms with Crippen LogP contribution in [0, 0.1) is 13.8 Å². The van der Waals surface area contributed by atoms with Crippen molar-refractivity contribution in [1.29, 1.82) is 0 Å².